The topological polar surface area (TPSA) is 69.4 Å². The van der Waals surface area contributed by atoms with Gasteiger partial charge in [0, 0.05) is 15.9 Å². The van der Waals surface area contributed by atoms with Crippen LogP contribution in [-0.4, -0.2) is 17.5 Å². The number of benzene rings is 1. The van der Waals surface area contributed by atoms with Crippen LogP contribution in [0.4, 0.5) is 5.69 Å². The van der Waals surface area contributed by atoms with E-state index in [1.165, 1.54) is 12.1 Å². The van der Waals surface area contributed by atoms with Gasteiger partial charge in [-0.05, 0) is 19.1 Å². The van der Waals surface area contributed by atoms with Crippen LogP contribution in [0.2, 0.25) is 5.02 Å². The number of nitro groups is 1. The lowest BCUT2D eigenvalue weighted by Crippen LogP contribution is -2.09. The summed E-state index contributed by atoms with van der Waals surface area (Å²) in [4.78, 5) is 21.9. The van der Waals surface area contributed by atoms with Crippen LogP contribution >= 0.6 is 27.5 Å². The molecule has 17 heavy (non-hydrogen) atoms. The number of hydrogen-bond acceptors (Lipinski definition) is 4. The minimum atomic E-state index is -0.746. The first-order chi connectivity index (χ1) is 8.01. The van der Waals surface area contributed by atoms with Crippen molar-refractivity contribution in [2.45, 2.75) is 12.3 Å². The Bertz CT molecular complexity index is 464. The summed E-state index contributed by atoms with van der Waals surface area (Å²) in [5.74, 6) is -0.746. The molecule has 1 aromatic carbocycles. The second kappa shape index (κ2) is 5.97. The number of rotatable bonds is 4. The average molecular weight is 323 g/mol. The van der Waals surface area contributed by atoms with E-state index in [9.17, 15) is 14.9 Å². The first-order valence-electron chi connectivity index (χ1n) is 4.71. The molecule has 0 saturated carbocycles. The van der Waals surface area contributed by atoms with Crippen LogP contribution in [0.1, 0.15) is 22.8 Å². The summed E-state index contributed by atoms with van der Waals surface area (Å²) in [7, 11) is 0. The summed E-state index contributed by atoms with van der Waals surface area (Å²) in [6, 6.07) is 2.68. The van der Waals surface area contributed by atoms with Crippen LogP contribution in [0.3, 0.4) is 0 Å². The van der Waals surface area contributed by atoms with Crippen LogP contribution in [-0.2, 0) is 10.1 Å². The average Bonchev–Trinajstić information content (AvgIpc) is 2.27. The van der Waals surface area contributed by atoms with Crippen molar-refractivity contribution in [3.63, 3.8) is 0 Å². The molecule has 0 fully saturated rings. The molecule has 0 spiro atoms. The molecule has 0 saturated heterocycles. The highest BCUT2D eigenvalue weighted by atomic mass is 79.9. The van der Waals surface area contributed by atoms with Gasteiger partial charge in [-0.2, -0.15) is 0 Å². The minimum absolute atomic E-state index is 0.126. The number of ether oxygens (including phenoxy) is 1. The van der Waals surface area contributed by atoms with Gasteiger partial charge in [0.25, 0.3) is 5.69 Å². The third kappa shape index (κ3) is 3.17. The van der Waals surface area contributed by atoms with Gasteiger partial charge in [-0.1, -0.05) is 27.5 Å². The van der Waals surface area contributed by atoms with E-state index in [0.29, 0.717) is 5.56 Å². The largest absolute Gasteiger partial charge is 0.462 e. The molecule has 92 valence electrons. The third-order valence-corrected chi connectivity index (χ3v) is 2.80. The molecule has 7 heteroatoms. The second-order valence-corrected chi connectivity index (χ2v) is 4.07. The number of esters is 1. The van der Waals surface area contributed by atoms with Crippen molar-refractivity contribution >= 4 is 39.2 Å². The fourth-order valence-corrected chi connectivity index (χ4v) is 2.01. The summed E-state index contributed by atoms with van der Waals surface area (Å²) in [6.07, 6.45) is 0. The molecule has 0 unspecified atom stereocenters. The molecule has 0 radical (unpaired) electrons. The minimum Gasteiger partial charge on any atom is -0.462 e. The van der Waals surface area contributed by atoms with E-state index in [1.807, 2.05) is 0 Å². The molecule has 0 bridgehead atoms. The predicted octanol–water partition coefficient (Wildman–Crippen LogP) is 3.32. The Hall–Kier alpha value is -1.14. The van der Waals surface area contributed by atoms with Crippen molar-refractivity contribution in [3.05, 3.63) is 38.4 Å². The van der Waals surface area contributed by atoms with Gasteiger partial charge in [-0.25, -0.2) is 4.79 Å². The molecule has 0 aliphatic carbocycles. The Kier molecular flexibility index (Phi) is 4.89. The monoisotopic (exact) mass is 321 g/mol. The van der Waals surface area contributed by atoms with Crippen LogP contribution in [0, 0.1) is 10.1 Å². The van der Waals surface area contributed by atoms with Gasteiger partial charge in [0.1, 0.15) is 5.56 Å². The first-order valence-corrected chi connectivity index (χ1v) is 6.21. The van der Waals surface area contributed by atoms with Crippen molar-refractivity contribution < 1.29 is 14.5 Å². The maximum Gasteiger partial charge on any atom is 0.345 e. The van der Waals surface area contributed by atoms with Gasteiger partial charge in [0.2, 0.25) is 0 Å². The van der Waals surface area contributed by atoms with E-state index in [2.05, 4.69) is 15.9 Å². The van der Waals surface area contributed by atoms with Gasteiger partial charge in [-0.15, -0.1) is 0 Å². The van der Waals surface area contributed by atoms with Crippen LogP contribution in [0.5, 0.6) is 0 Å². The Morgan fingerprint density at radius 3 is 2.71 bits per heavy atom. The molecular formula is C10H9BrClNO4. The standard InChI is InChI=1S/C10H9BrClNO4/c1-2-17-10(14)8-4-7(12)3-6(5-11)9(8)13(15)16/h3-4H,2,5H2,1H3. The zero-order valence-corrected chi connectivity index (χ0v) is 11.2. The quantitative estimate of drug-likeness (QED) is 0.369. The van der Waals surface area contributed by atoms with E-state index >= 15 is 0 Å². The number of carbonyl (C=O) groups is 1. The van der Waals surface area contributed by atoms with Crippen LogP contribution < -0.4 is 0 Å². The number of alkyl halides is 1. The number of carbonyl (C=O) groups excluding carboxylic acids is 1. The van der Waals surface area contributed by atoms with E-state index in [4.69, 9.17) is 16.3 Å². The number of halogens is 2. The SMILES string of the molecule is CCOC(=O)c1cc(Cl)cc(CBr)c1[N+](=O)[O-]. The maximum absolute atomic E-state index is 11.6. The lowest BCUT2D eigenvalue weighted by molar-refractivity contribution is -0.385. The summed E-state index contributed by atoms with van der Waals surface area (Å²) in [5, 5.41) is 11.4. The molecule has 1 rings (SSSR count). The van der Waals surface area contributed by atoms with Crippen molar-refractivity contribution in [2.24, 2.45) is 0 Å². The van der Waals surface area contributed by atoms with Gasteiger partial charge >= 0.3 is 5.97 Å². The van der Waals surface area contributed by atoms with Crippen LogP contribution in [0.15, 0.2) is 12.1 Å². The summed E-state index contributed by atoms with van der Waals surface area (Å²) in [6.45, 7) is 1.77. The molecule has 0 aliphatic heterocycles. The van der Waals surface area contributed by atoms with E-state index < -0.39 is 10.9 Å². The Morgan fingerprint density at radius 1 is 1.59 bits per heavy atom. The van der Waals surface area contributed by atoms with Gasteiger partial charge < -0.3 is 4.74 Å². The number of nitro benzene ring substituents is 1. The van der Waals surface area contributed by atoms with Gasteiger partial charge in [-0.3, -0.25) is 10.1 Å². The number of nitrogens with zero attached hydrogens (tertiary/aromatic N) is 1. The molecular weight excluding hydrogens is 313 g/mol. The van der Waals surface area contributed by atoms with Crippen molar-refractivity contribution in [1.82, 2.24) is 0 Å². The fourth-order valence-electron chi connectivity index (χ4n) is 1.34. The first kappa shape index (κ1) is 13.9. The summed E-state index contributed by atoms with van der Waals surface area (Å²) >= 11 is 8.92. The van der Waals surface area contributed by atoms with E-state index in [-0.39, 0.29) is 28.2 Å². The Balaban J connectivity index is 3.40. The molecule has 0 aliphatic rings. The third-order valence-electron chi connectivity index (χ3n) is 1.98. The molecule has 0 N–H and O–H groups in total. The van der Waals surface area contributed by atoms with Crippen LogP contribution in [0.25, 0.3) is 0 Å². The Labute approximate surface area is 111 Å². The zero-order valence-electron chi connectivity index (χ0n) is 8.91. The predicted molar refractivity (Wildman–Crippen MR) is 66.7 cm³/mol. The fraction of sp³-hybridized carbons (Fsp3) is 0.300. The smallest absolute Gasteiger partial charge is 0.345 e. The molecule has 0 atom stereocenters. The summed E-state index contributed by atoms with van der Waals surface area (Å²) in [5.41, 5.74) is -0.0610. The van der Waals surface area contributed by atoms with Gasteiger partial charge in [0.15, 0.2) is 0 Å². The lowest BCUT2D eigenvalue weighted by Gasteiger charge is -2.06. The molecule has 0 aromatic heterocycles. The second-order valence-electron chi connectivity index (χ2n) is 3.07. The normalized spacial score (nSPS) is 10.1. The maximum atomic E-state index is 11.6. The highest BCUT2D eigenvalue weighted by Crippen LogP contribution is 2.30. The van der Waals surface area contributed by atoms with E-state index in [1.54, 1.807) is 6.92 Å². The highest BCUT2D eigenvalue weighted by Gasteiger charge is 2.26. The van der Waals surface area contributed by atoms with Crippen molar-refractivity contribution in [2.75, 3.05) is 6.61 Å². The molecule has 1 aromatic rings. The highest BCUT2D eigenvalue weighted by molar-refractivity contribution is 9.08. The summed E-state index contributed by atoms with van der Waals surface area (Å²) < 4.78 is 4.76. The molecule has 0 amide bonds. The van der Waals surface area contributed by atoms with Crippen molar-refractivity contribution in [1.29, 1.82) is 0 Å². The lowest BCUT2D eigenvalue weighted by atomic mass is 10.1. The van der Waals surface area contributed by atoms with Gasteiger partial charge in [0.05, 0.1) is 11.5 Å². The van der Waals surface area contributed by atoms with E-state index in [0.717, 1.165) is 0 Å². The molecule has 0 heterocycles. The zero-order chi connectivity index (χ0) is 13.0. The molecule has 5 nitrogen and oxygen atoms in total. The number of hydrogen-bond donors (Lipinski definition) is 0. The Morgan fingerprint density at radius 2 is 2.24 bits per heavy atom. The van der Waals surface area contributed by atoms with Crippen molar-refractivity contribution in [3.8, 4) is 0 Å².